The van der Waals surface area contributed by atoms with E-state index in [4.69, 9.17) is 5.73 Å². The van der Waals surface area contributed by atoms with E-state index in [1.54, 1.807) is 0 Å². The average molecular weight is 326 g/mol. The van der Waals surface area contributed by atoms with Crippen LogP contribution in [0, 0.1) is 5.41 Å². The van der Waals surface area contributed by atoms with Gasteiger partial charge in [-0.3, -0.25) is 4.79 Å². The molecule has 0 spiro atoms. The summed E-state index contributed by atoms with van der Waals surface area (Å²) in [5.41, 5.74) is 5.28. The molecule has 2 aliphatic rings. The van der Waals surface area contributed by atoms with Gasteiger partial charge in [-0.25, -0.2) is 0 Å². The average Bonchev–Trinajstić information content (AvgIpc) is 2.92. The lowest BCUT2D eigenvalue weighted by molar-refractivity contribution is -0.141. The minimum Gasteiger partial charge on any atom is -0.342 e. The minimum atomic E-state index is -0.402. The molecule has 4 nitrogen and oxygen atoms in total. The van der Waals surface area contributed by atoms with E-state index in [9.17, 15) is 4.79 Å². The fourth-order valence-corrected chi connectivity index (χ4v) is 3.06. The molecule has 6 heteroatoms. The topological polar surface area (TPSA) is 49.6 Å². The van der Waals surface area contributed by atoms with Gasteiger partial charge in [0.1, 0.15) is 0 Å². The van der Waals surface area contributed by atoms with Crippen molar-refractivity contribution < 1.29 is 4.79 Å². The zero-order chi connectivity index (χ0) is 13.2. The van der Waals surface area contributed by atoms with Crippen molar-refractivity contribution in [1.29, 1.82) is 0 Å². The highest BCUT2D eigenvalue weighted by Crippen LogP contribution is 2.24. The fraction of sp³-hybridized carbons (Fsp3) is 0.929. The Morgan fingerprint density at radius 1 is 1.10 bits per heavy atom. The Morgan fingerprint density at radius 3 is 2.05 bits per heavy atom. The highest BCUT2D eigenvalue weighted by Gasteiger charge is 2.34. The van der Waals surface area contributed by atoms with Crippen LogP contribution in [0.25, 0.3) is 0 Å². The van der Waals surface area contributed by atoms with Gasteiger partial charge in [0.15, 0.2) is 0 Å². The molecule has 0 saturated carbocycles. The second-order valence-electron chi connectivity index (χ2n) is 6.35. The van der Waals surface area contributed by atoms with Crippen molar-refractivity contribution in [3.63, 3.8) is 0 Å². The predicted molar refractivity (Wildman–Crippen MR) is 87.7 cm³/mol. The number of carbonyl (C=O) groups excluding carboxylic acids is 1. The van der Waals surface area contributed by atoms with Gasteiger partial charge in [-0.15, -0.1) is 24.8 Å². The Balaban J connectivity index is 0.00000180. The molecule has 0 aliphatic carbocycles. The molecule has 2 saturated heterocycles. The second-order valence-corrected chi connectivity index (χ2v) is 6.35. The van der Waals surface area contributed by atoms with E-state index < -0.39 is 5.41 Å². The monoisotopic (exact) mass is 325 g/mol. The van der Waals surface area contributed by atoms with Crippen LogP contribution in [0.4, 0.5) is 0 Å². The van der Waals surface area contributed by atoms with Crippen molar-refractivity contribution >= 4 is 30.7 Å². The molecule has 2 rings (SSSR count). The number of halogens is 2. The van der Waals surface area contributed by atoms with Crippen molar-refractivity contribution in [1.82, 2.24) is 9.80 Å². The molecular weight excluding hydrogens is 297 g/mol. The summed E-state index contributed by atoms with van der Waals surface area (Å²) >= 11 is 0. The number of likely N-dealkylation sites (tertiary alicyclic amines) is 2. The SMILES string of the molecule is CC(C)(CN)C(=O)N1CCC(N2CCCC2)CC1.Cl.Cl. The van der Waals surface area contributed by atoms with Gasteiger partial charge < -0.3 is 15.5 Å². The van der Waals surface area contributed by atoms with Crippen LogP contribution in [-0.4, -0.2) is 54.5 Å². The number of amides is 1. The number of nitrogens with two attached hydrogens (primary N) is 1. The summed E-state index contributed by atoms with van der Waals surface area (Å²) in [6, 6.07) is 0.706. The third-order valence-corrected chi connectivity index (χ3v) is 4.50. The molecule has 0 aromatic carbocycles. The van der Waals surface area contributed by atoms with Crippen molar-refractivity contribution in [2.24, 2.45) is 11.1 Å². The Kier molecular flexibility index (Phi) is 8.41. The summed E-state index contributed by atoms with van der Waals surface area (Å²) < 4.78 is 0. The van der Waals surface area contributed by atoms with Gasteiger partial charge in [0, 0.05) is 25.7 Å². The lowest BCUT2D eigenvalue weighted by Crippen LogP contribution is -2.51. The first-order valence-electron chi connectivity index (χ1n) is 7.28. The Hall–Kier alpha value is -0.0300. The van der Waals surface area contributed by atoms with Gasteiger partial charge in [-0.2, -0.15) is 0 Å². The molecule has 2 fully saturated rings. The minimum absolute atomic E-state index is 0. The maximum atomic E-state index is 12.3. The first-order chi connectivity index (χ1) is 8.54. The van der Waals surface area contributed by atoms with Crippen molar-refractivity contribution in [3.05, 3.63) is 0 Å². The summed E-state index contributed by atoms with van der Waals surface area (Å²) in [6.45, 7) is 8.65. The zero-order valence-electron chi connectivity index (χ0n) is 12.6. The van der Waals surface area contributed by atoms with Crippen LogP contribution < -0.4 is 5.73 Å². The van der Waals surface area contributed by atoms with Crippen LogP contribution in [0.5, 0.6) is 0 Å². The third-order valence-electron chi connectivity index (χ3n) is 4.50. The van der Waals surface area contributed by atoms with Gasteiger partial charge in [0.2, 0.25) is 5.91 Å². The van der Waals surface area contributed by atoms with Gasteiger partial charge in [0.05, 0.1) is 5.41 Å². The first-order valence-corrected chi connectivity index (χ1v) is 7.28. The molecule has 0 bridgehead atoms. The maximum absolute atomic E-state index is 12.3. The molecule has 0 unspecified atom stereocenters. The molecule has 0 aromatic rings. The predicted octanol–water partition coefficient (Wildman–Crippen LogP) is 1.90. The smallest absolute Gasteiger partial charge is 0.229 e. The van der Waals surface area contributed by atoms with E-state index in [1.807, 2.05) is 18.7 Å². The quantitative estimate of drug-likeness (QED) is 0.862. The van der Waals surface area contributed by atoms with E-state index >= 15 is 0 Å². The van der Waals surface area contributed by atoms with Crippen LogP contribution in [0.15, 0.2) is 0 Å². The summed E-state index contributed by atoms with van der Waals surface area (Å²) in [7, 11) is 0. The molecule has 20 heavy (non-hydrogen) atoms. The molecule has 2 N–H and O–H groups in total. The third kappa shape index (κ3) is 4.48. The maximum Gasteiger partial charge on any atom is 0.229 e. The standard InChI is InChI=1S/C14H27N3O.2ClH/c1-14(2,11-15)13(18)17-9-5-12(6-10-17)16-7-3-4-8-16;;/h12H,3-11,15H2,1-2H3;2*1H. The van der Waals surface area contributed by atoms with Crippen LogP contribution in [0.2, 0.25) is 0 Å². The molecule has 2 heterocycles. The molecule has 120 valence electrons. The number of nitrogens with zero attached hydrogens (tertiary/aromatic N) is 2. The number of carbonyl (C=O) groups is 1. The molecular formula is C14H29Cl2N3O. The first kappa shape index (κ1) is 20.0. The largest absolute Gasteiger partial charge is 0.342 e. The highest BCUT2D eigenvalue weighted by atomic mass is 35.5. The van der Waals surface area contributed by atoms with Crippen molar-refractivity contribution in [3.8, 4) is 0 Å². The molecule has 1 amide bonds. The summed E-state index contributed by atoms with van der Waals surface area (Å²) in [5, 5.41) is 0. The highest BCUT2D eigenvalue weighted by molar-refractivity contribution is 5.85. The number of hydrogen-bond acceptors (Lipinski definition) is 3. The zero-order valence-corrected chi connectivity index (χ0v) is 14.3. The number of hydrogen-bond donors (Lipinski definition) is 1. The van der Waals surface area contributed by atoms with Gasteiger partial charge >= 0.3 is 0 Å². The van der Waals surface area contributed by atoms with E-state index in [-0.39, 0.29) is 30.7 Å². The Labute approximate surface area is 135 Å². The normalized spacial score (nSPS) is 21.2. The number of rotatable bonds is 3. The van der Waals surface area contributed by atoms with E-state index in [0.717, 1.165) is 25.9 Å². The van der Waals surface area contributed by atoms with Crippen LogP contribution in [0.1, 0.15) is 39.5 Å². The van der Waals surface area contributed by atoms with Crippen LogP contribution in [-0.2, 0) is 4.79 Å². The van der Waals surface area contributed by atoms with Gasteiger partial charge in [0.25, 0.3) is 0 Å². The molecule has 2 aliphatic heterocycles. The second kappa shape index (κ2) is 8.42. The lowest BCUT2D eigenvalue weighted by atomic mass is 9.90. The van der Waals surface area contributed by atoms with Crippen molar-refractivity contribution in [2.45, 2.75) is 45.6 Å². The van der Waals surface area contributed by atoms with E-state index in [2.05, 4.69) is 4.90 Å². The molecule has 0 radical (unpaired) electrons. The summed E-state index contributed by atoms with van der Waals surface area (Å²) in [4.78, 5) is 16.9. The Bertz CT molecular complexity index is 299. The van der Waals surface area contributed by atoms with E-state index in [0.29, 0.717) is 12.6 Å². The molecule has 0 aromatic heterocycles. The Morgan fingerprint density at radius 2 is 1.60 bits per heavy atom. The fourth-order valence-electron chi connectivity index (χ4n) is 3.06. The van der Waals surface area contributed by atoms with E-state index in [1.165, 1.54) is 25.9 Å². The number of piperidine rings is 1. The lowest BCUT2D eigenvalue weighted by Gasteiger charge is -2.39. The summed E-state index contributed by atoms with van der Waals surface area (Å²) in [6.07, 6.45) is 4.96. The molecule has 0 atom stereocenters. The van der Waals surface area contributed by atoms with Gasteiger partial charge in [-0.05, 0) is 52.6 Å². The van der Waals surface area contributed by atoms with Gasteiger partial charge in [-0.1, -0.05) is 0 Å². The van der Waals surface area contributed by atoms with Crippen LogP contribution in [0.3, 0.4) is 0 Å². The summed E-state index contributed by atoms with van der Waals surface area (Å²) in [5.74, 6) is 0.227. The van der Waals surface area contributed by atoms with Crippen LogP contribution >= 0.6 is 24.8 Å². The van der Waals surface area contributed by atoms with Crippen molar-refractivity contribution in [2.75, 3.05) is 32.7 Å².